The molecule has 0 spiro atoms. The lowest BCUT2D eigenvalue weighted by molar-refractivity contribution is -0.138. The summed E-state index contributed by atoms with van der Waals surface area (Å²) in [7, 11) is 0. The molecule has 0 saturated carbocycles. The number of anilines is 1. The predicted molar refractivity (Wildman–Crippen MR) is 110 cm³/mol. The van der Waals surface area contributed by atoms with Crippen LogP contribution in [0.5, 0.6) is 0 Å². The van der Waals surface area contributed by atoms with E-state index < -0.39 is 11.7 Å². The van der Waals surface area contributed by atoms with Crippen LogP contribution in [0.3, 0.4) is 0 Å². The van der Waals surface area contributed by atoms with Crippen molar-refractivity contribution in [3.8, 4) is 0 Å². The number of para-hydroxylation sites is 1. The van der Waals surface area contributed by atoms with E-state index in [2.05, 4.69) is 39.0 Å². The molecule has 0 N–H and O–H groups in total. The van der Waals surface area contributed by atoms with Crippen molar-refractivity contribution in [3.05, 3.63) is 65.7 Å². The number of hydrogen-bond acceptors (Lipinski definition) is 3. The van der Waals surface area contributed by atoms with Crippen LogP contribution in [-0.2, 0) is 12.7 Å². The van der Waals surface area contributed by atoms with E-state index in [-0.39, 0.29) is 0 Å². The molecule has 2 heterocycles. The number of rotatable bonds is 4. The molecular weight excluding hydrogens is 375 g/mol. The van der Waals surface area contributed by atoms with Gasteiger partial charge in [-0.3, -0.25) is 9.80 Å². The minimum absolute atomic E-state index is 0.371. The monoisotopic (exact) mass is 403 g/mol. The maximum absolute atomic E-state index is 13.3. The minimum Gasteiger partial charge on any atom is -0.369 e. The lowest BCUT2D eigenvalue weighted by Crippen LogP contribution is -2.55. The Hall–Kier alpha value is -2.05. The van der Waals surface area contributed by atoms with Gasteiger partial charge in [-0.05, 0) is 43.1 Å². The molecule has 0 aliphatic carbocycles. The van der Waals surface area contributed by atoms with Crippen molar-refractivity contribution in [3.63, 3.8) is 0 Å². The summed E-state index contributed by atoms with van der Waals surface area (Å²) in [5.74, 6) is 0. The zero-order valence-electron chi connectivity index (χ0n) is 16.6. The van der Waals surface area contributed by atoms with Crippen molar-refractivity contribution >= 4 is 5.69 Å². The zero-order chi connectivity index (χ0) is 20.3. The normalized spacial score (nSPS) is 22.0. The summed E-state index contributed by atoms with van der Waals surface area (Å²) < 4.78 is 39.9. The van der Waals surface area contributed by atoms with Crippen molar-refractivity contribution in [1.29, 1.82) is 0 Å². The van der Waals surface area contributed by atoms with Crippen LogP contribution in [0.2, 0.25) is 0 Å². The van der Waals surface area contributed by atoms with Gasteiger partial charge >= 0.3 is 6.18 Å². The van der Waals surface area contributed by atoms with Crippen molar-refractivity contribution < 1.29 is 13.2 Å². The van der Waals surface area contributed by atoms with Gasteiger partial charge in [-0.2, -0.15) is 13.2 Å². The first kappa shape index (κ1) is 20.2. The topological polar surface area (TPSA) is 9.72 Å². The molecule has 4 rings (SSSR count). The van der Waals surface area contributed by atoms with E-state index >= 15 is 0 Å². The molecule has 0 radical (unpaired) electrons. The molecule has 2 aliphatic rings. The zero-order valence-corrected chi connectivity index (χ0v) is 16.6. The van der Waals surface area contributed by atoms with Crippen LogP contribution in [-0.4, -0.2) is 55.1 Å². The average Bonchev–Trinajstić information content (AvgIpc) is 2.74. The van der Waals surface area contributed by atoms with Crippen molar-refractivity contribution in [2.75, 3.05) is 44.2 Å². The van der Waals surface area contributed by atoms with Gasteiger partial charge in [0, 0.05) is 51.0 Å². The number of piperazine rings is 1. The highest BCUT2D eigenvalue weighted by Gasteiger charge is 2.34. The van der Waals surface area contributed by atoms with E-state index in [9.17, 15) is 13.2 Å². The fraction of sp³-hybridized carbons (Fsp3) is 0.478. The third-order valence-electron chi connectivity index (χ3n) is 6.15. The number of hydrogen-bond donors (Lipinski definition) is 0. The predicted octanol–water partition coefficient (Wildman–Crippen LogP) is 4.49. The first-order chi connectivity index (χ1) is 14.0. The lowest BCUT2D eigenvalue weighted by Gasteiger charge is -2.44. The molecule has 6 heteroatoms. The molecule has 29 heavy (non-hydrogen) atoms. The fourth-order valence-electron chi connectivity index (χ4n) is 4.63. The maximum atomic E-state index is 13.3. The van der Waals surface area contributed by atoms with Gasteiger partial charge in [0.1, 0.15) is 0 Å². The number of benzene rings is 2. The largest absolute Gasteiger partial charge is 0.416 e. The molecule has 0 aromatic heterocycles. The van der Waals surface area contributed by atoms with E-state index in [0.29, 0.717) is 18.2 Å². The second kappa shape index (κ2) is 8.76. The number of nitrogens with zero attached hydrogens (tertiary/aromatic N) is 3. The molecule has 1 atom stereocenters. The summed E-state index contributed by atoms with van der Waals surface area (Å²) in [6.45, 7) is 6.09. The Bertz CT molecular complexity index is 785. The number of alkyl halides is 3. The van der Waals surface area contributed by atoms with Crippen LogP contribution in [0.15, 0.2) is 54.6 Å². The second-order valence-electron chi connectivity index (χ2n) is 8.04. The Morgan fingerprint density at radius 2 is 1.52 bits per heavy atom. The molecule has 2 aromatic rings. The summed E-state index contributed by atoms with van der Waals surface area (Å²) >= 11 is 0. The van der Waals surface area contributed by atoms with E-state index in [4.69, 9.17) is 0 Å². The van der Waals surface area contributed by atoms with Gasteiger partial charge in [-0.25, -0.2) is 0 Å². The van der Waals surface area contributed by atoms with Gasteiger partial charge in [0.05, 0.1) is 5.56 Å². The quantitative estimate of drug-likeness (QED) is 0.745. The van der Waals surface area contributed by atoms with Crippen molar-refractivity contribution in [2.24, 2.45) is 0 Å². The maximum Gasteiger partial charge on any atom is 0.416 e. The summed E-state index contributed by atoms with van der Waals surface area (Å²) in [6.07, 6.45) is -2.12. The molecule has 2 saturated heterocycles. The SMILES string of the molecule is FC(F)(F)c1ccccc1CN1CCC[C@H](N2CCN(c3ccccc3)CC2)C1. The van der Waals surface area contributed by atoms with Crippen LogP contribution in [0, 0.1) is 0 Å². The highest BCUT2D eigenvalue weighted by molar-refractivity contribution is 5.46. The van der Waals surface area contributed by atoms with E-state index in [0.717, 1.165) is 52.1 Å². The van der Waals surface area contributed by atoms with Crippen LogP contribution in [0.25, 0.3) is 0 Å². The third-order valence-corrected chi connectivity index (χ3v) is 6.15. The van der Waals surface area contributed by atoms with Gasteiger partial charge < -0.3 is 4.90 Å². The number of likely N-dealkylation sites (tertiary alicyclic amines) is 1. The van der Waals surface area contributed by atoms with Gasteiger partial charge in [-0.1, -0.05) is 36.4 Å². The number of halogens is 3. The Morgan fingerprint density at radius 1 is 0.828 bits per heavy atom. The molecule has 0 amide bonds. The summed E-state index contributed by atoms with van der Waals surface area (Å²) in [4.78, 5) is 7.14. The van der Waals surface area contributed by atoms with Gasteiger partial charge in [0.25, 0.3) is 0 Å². The minimum atomic E-state index is -4.29. The summed E-state index contributed by atoms with van der Waals surface area (Å²) in [6, 6.07) is 16.9. The lowest BCUT2D eigenvalue weighted by atomic mass is 10.0. The summed E-state index contributed by atoms with van der Waals surface area (Å²) in [5, 5.41) is 0. The Morgan fingerprint density at radius 3 is 2.24 bits per heavy atom. The third kappa shape index (κ3) is 4.93. The first-order valence-corrected chi connectivity index (χ1v) is 10.4. The molecule has 156 valence electrons. The van der Waals surface area contributed by atoms with Crippen LogP contribution < -0.4 is 4.90 Å². The average molecular weight is 403 g/mol. The summed E-state index contributed by atoms with van der Waals surface area (Å²) in [5.41, 5.74) is 1.15. The fourth-order valence-corrected chi connectivity index (χ4v) is 4.63. The van der Waals surface area contributed by atoms with Crippen molar-refractivity contribution in [2.45, 2.75) is 31.6 Å². The Balaban J connectivity index is 1.35. The van der Waals surface area contributed by atoms with Crippen LogP contribution in [0.1, 0.15) is 24.0 Å². The molecule has 3 nitrogen and oxygen atoms in total. The van der Waals surface area contributed by atoms with E-state index in [1.165, 1.54) is 17.8 Å². The highest BCUT2D eigenvalue weighted by Crippen LogP contribution is 2.33. The molecule has 2 fully saturated rings. The molecule has 2 aliphatic heterocycles. The molecule has 2 aromatic carbocycles. The smallest absolute Gasteiger partial charge is 0.369 e. The molecule has 0 unspecified atom stereocenters. The molecular formula is C23H28F3N3. The van der Waals surface area contributed by atoms with Crippen LogP contribution in [0.4, 0.5) is 18.9 Å². The van der Waals surface area contributed by atoms with Gasteiger partial charge in [-0.15, -0.1) is 0 Å². The Kier molecular flexibility index (Phi) is 6.11. The van der Waals surface area contributed by atoms with Crippen LogP contribution >= 0.6 is 0 Å². The van der Waals surface area contributed by atoms with Gasteiger partial charge in [0.2, 0.25) is 0 Å². The standard InChI is InChI=1S/C23H28F3N3/c24-23(25,26)22-11-5-4-7-19(22)17-27-12-6-10-21(18-27)29-15-13-28(14-16-29)20-8-2-1-3-9-20/h1-5,7-9,11,21H,6,10,12-18H2/t21-/m0/s1. The van der Waals surface area contributed by atoms with E-state index in [1.807, 2.05) is 6.07 Å². The Labute approximate surface area is 170 Å². The highest BCUT2D eigenvalue weighted by atomic mass is 19.4. The van der Waals surface area contributed by atoms with E-state index in [1.54, 1.807) is 12.1 Å². The second-order valence-corrected chi connectivity index (χ2v) is 8.04. The molecule has 0 bridgehead atoms. The first-order valence-electron chi connectivity index (χ1n) is 10.4. The van der Waals surface area contributed by atoms with Crippen molar-refractivity contribution in [1.82, 2.24) is 9.80 Å². The number of piperidine rings is 1. The van der Waals surface area contributed by atoms with Gasteiger partial charge in [0.15, 0.2) is 0 Å².